The summed E-state index contributed by atoms with van der Waals surface area (Å²) >= 11 is 0. The summed E-state index contributed by atoms with van der Waals surface area (Å²) < 4.78 is 10.5. The largest absolute Gasteiger partial charge is 0.480 e. The molecule has 0 saturated heterocycles. The Balaban J connectivity index is 2.04. The molecule has 20 heavy (non-hydrogen) atoms. The fourth-order valence-corrected chi connectivity index (χ4v) is 2.81. The highest BCUT2D eigenvalue weighted by atomic mass is 16.8. The van der Waals surface area contributed by atoms with Gasteiger partial charge in [0.1, 0.15) is 0 Å². The third-order valence-corrected chi connectivity index (χ3v) is 3.65. The monoisotopic (exact) mass is 276 g/mol. The maximum absolute atomic E-state index is 12.2. The molecular weight excluding hydrogens is 258 g/mol. The van der Waals surface area contributed by atoms with Gasteiger partial charge in [0.25, 0.3) is 11.7 Å². The van der Waals surface area contributed by atoms with E-state index in [1.54, 1.807) is 13.8 Å². The van der Waals surface area contributed by atoms with Crippen LogP contribution in [-0.4, -0.2) is 23.4 Å². The molecule has 3 N–H and O–H groups in total. The summed E-state index contributed by atoms with van der Waals surface area (Å²) in [6.07, 6.45) is 0.947. The van der Waals surface area contributed by atoms with Crippen LogP contribution in [0.3, 0.4) is 0 Å². The molecule has 106 valence electrons. The Kier molecular flexibility index (Phi) is 2.94. The molecule has 2 aliphatic rings. The van der Waals surface area contributed by atoms with E-state index in [-0.39, 0.29) is 17.6 Å². The van der Waals surface area contributed by atoms with Gasteiger partial charge in [-0.3, -0.25) is 0 Å². The number of hydrogen-bond donors (Lipinski definition) is 2. The molecule has 5 heteroatoms. The molecule has 0 amide bonds. The van der Waals surface area contributed by atoms with Crippen LogP contribution in [-0.2, 0) is 20.7 Å². The number of quaternary nitrogens is 1. The van der Waals surface area contributed by atoms with Gasteiger partial charge in [0, 0.05) is 25.8 Å². The molecule has 0 fully saturated rings. The van der Waals surface area contributed by atoms with E-state index in [1.165, 1.54) is 5.56 Å². The molecule has 1 atom stereocenters. The zero-order valence-corrected chi connectivity index (χ0v) is 11.6. The van der Waals surface area contributed by atoms with Crippen LogP contribution in [0, 0.1) is 0 Å². The highest BCUT2D eigenvalue weighted by Gasteiger charge is 2.43. The number of ether oxygens (including phenoxy) is 2. The van der Waals surface area contributed by atoms with Crippen LogP contribution in [0.25, 0.3) is 0 Å². The van der Waals surface area contributed by atoms with Crippen LogP contribution in [0.15, 0.2) is 35.8 Å². The lowest BCUT2D eigenvalue weighted by atomic mass is 9.89. The highest BCUT2D eigenvalue weighted by Crippen LogP contribution is 2.33. The summed E-state index contributed by atoms with van der Waals surface area (Å²) in [6.45, 7) is 4.04. The first-order valence-electron chi connectivity index (χ1n) is 6.74. The number of carbonyl (C=O) groups is 1. The predicted molar refractivity (Wildman–Crippen MR) is 70.6 cm³/mol. The zero-order chi connectivity index (χ0) is 14.3. The van der Waals surface area contributed by atoms with E-state index in [9.17, 15) is 9.90 Å². The van der Waals surface area contributed by atoms with Crippen LogP contribution in [0.2, 0.25) is 0 Å². The molecule has 0 bridgehead atoms. The van der Waals surface area contributed by atoms with Crippen molar-refractivity contribution < 1.29 is 24.7 Å². The summed E-state index contributed by atoms with van der Waals surface area (Å²) in [6, 6.07) is 7.66. The molecule has 0 saturated carbocycles. The van der Waals surface area contributed by atoms with E-state index in [1.807, 2.05) is 29.6 Å². The van der Waals surface area contributed by atoms with Gasteiger partial charge in [-0.05, 0) is 5.56 Å². The molecule has 0 spiro atoms. The number of aliphatic hydroxyl groups is 1. The molecule has 1 aromatic carbocycles. The second-order valence-corrected chi connectivity index (χ2v) is 5.56. The van der Waals surface area contributed by atoms with Crippen LogP contribution >= 0.6 is 0 Å². The van der Waals surface area contributed by atoms with Crippen LogP contribution in [0.5, 0.6) is 0 Å². The minimum Gasteiger partial charge on any atom is -0.480 e. The third-order valence-electron chi connectivity index (χ3n) is 3.65. The van der Waals surface area contributed by atoms with Crippen LogP contribution in [0.1, 0.15) is 31.0 Å². The summed E-state index contributed by atoms with van der Waals surface area (Å²) in [5, 5.41) is 12.1. The maximum atomic E-state index is 12.2. The lowest BCUT2D eigenvalue weighted by molar-refractivity contribution is -0.690. The number of cyclic esters (lactones) is 1. The standard InChI is InChI=1S/C15H17NO4/c1-15(2)19-13(17)11(14(18)20-15)12-10-6-4-3-5-9(10)7-8-16-12/h3-6,12,16-17H,7-8H2,1-2H3/p+1/t12-/m1/s1. The van der Waals surface area contributed by atoms with Gasteiger partial charge in [0.05, 0.1) is 6.54 Å². The molecule has 0 aromatic heterocycles. The van der Waals surface area contributed by atoms with Gasteiger partial charge < -0.3 is 19.9 Å². The van der Waals surface area contributed by atoms with Crippen molar-refractivity contribution >= 4 is 5.97 Å². The van der Waals surface area contributed by atoms with Gasteiger partial charge in [-0.25, -0.2) is 4.79 Å². The van der Waals surface area contributed by atoms with Crippen molar-refractivity contribution in [2.45, 2.75) is 32.1 Å². The normalized spacial score (nSPS) is 24.7. The Labute approximate surface area is 117 Å². The van der Waals surface area contributed by atoms with Crippen molar-refractivity contribution in [1.29, 1.82) is 0 Å². The first-order valence-corrected chi connectivity index (χ1v) is 6.74. The van der Waals surface area contributed by atoms with Gasteiger partial charge in [-0.2, -0.15) is 0 Å². The van der Waals surface area contributed by atoms with E-state index < -0.39 is 11.8 Å². The number of carbonyl (C=O) groups excluding carboxylic acids is 1. The number of nitrogens with two attached hydrogens (primary N) is 1. The molecule has 2 heterocycles. The van der Waals surface area contributed by atoms with Crippen molar-refractivity contribution in [3.05, 3.63) is 46.9 Å². The van der Waals surface area contributed by atoms with Gasteiger partial charge in [0.2, 0.25) is 0 Å². The summed E-state index contributed by atoms with van der Waals surface area (Å²) in [7, 11) is 0. The van der Waals surface area contributed by atoms with Crippen molar-refractivity contribution in [1.82, 2.24) is 0 Å². The van der Waals surface area contributed by atoms with E-state index >= 15 is 0 Å². The Morgan fingerprint density at radius 3 is 2.80 bits per heavy atom. The van der Waals surface area contributed by atoms with Gasteiger partial charge in [-0.1, -0.05) is 24.3 Å². The lowest BCUT2D eigenvalue weighted by Crippen LogP contribution is -2.88. The molecule has 0 radical (unpaired) electrons. The molecule has 1 aromatic rings. The van der Waals surface area contributed by atoms with Crippen molar-refractivity contribution in [2.24, 2.45) is 0 Å². The second-order valence-electron chi connectivity index (χ2n) is 5.56. The van der Waals surface area contributed by atoms with Crippen molar-refractivity contribution in [3.8, 4) is 0 Å². The molecule has 0 aliphatic carbocycles. The summed E-state index contributed by atoms with van der Waals surface area (Å²) in [5.74, 6) is -1.97. The van der Waals surface area contributed by atoms with Crippen molar-refractivity contribution in [2.75, 3.05) is 6.54 Å². The van der Waals surface area contributed by atoms with Crippen LogP contribution < -0.4 is 5.32 Å². The SMILES string of the molecule is CC1(C)OC(=O)C([C@@H]2[NH2+]CCc3ccccc32)=C(O)O1. The van der Waals surface area contributed by atoms with Gasteiger partial charge in [-0.15, -0.1) is 0 Å². The summed E-state index contributed by atoms with van der Waals surface area (Å²) in [4.78, 5) is 12.2. The van der Waals surface area contributed by atoms with E-state index in [0.717, 1.165) is 18.5 Å². The maximum Gasteiger partial charge on any atom is 0.351 e. The Morgan fingerprint density at radius 1 is 1.30 bits per heavy atom. The van der Waals surface area contributed by atoms with E-state index in [2.05, 4.69) is 0 Å². The molecular formula is C15H18NO4+. The van der Waals surface area contributed by atoms with Crippen molar-refractivity contribution in [3.63, 3.8) is 0 Å². The number of esters is 1. The van der Waals surface area contributed by atoms with Gasteiger partial charge in [0.15, 0.2) is 11.6 Å². The first-order chi connectivity index (χ1) is 9.48. The molecule has 3 rings (SSSR count). The number of benzene rings is 1. The number of rotatable bonds is 1. The fraction of sp³-hybridized carbons (Fsp3) is 0.400. The lowest BCUT2D eigenvalue weighted by Gasteiger charge is -2.33. The van der Waals surface area contributed by atoms with Crippen LogP contribution in [0.4, 0.5) is 0 Å². The first kappa shape index (κ1) is 13.0. The molecule has 2 aliphatic heterocycles. The average Bonchev–Trinajstić information content (AvgIpc) is 2.36. The minimum absolute atomic E-state index is 0.191. The Hall–Kier alpha value is -2.01. The quantitative estimate of drug-likeness (QED) is 0.748. The number of aliphatic hydroxyl groups excluding tert-OH is 1. The Bertz CT molecular complexity index is 591. The smallest absolute Gasteiger partial charge is 0.351 e. The number of hydrogen-bond acceptors (Lipinski definition) is 4. The Morgan fingerprint density at radius 2 is 2.05 bits per heavy atom. The minimum atomic E-state index is -1.13. The van der Waals surface area contributed by atoms with E-state index in [0.29, 0.717) is 0 Å². The van der Waals surface area contributed by atoms with E-state index in [4.69, 9.17) is 9.47 Å². The zero-order valence-electron chi connectivity index (χ0n) is 11.6. The predicted octanol–water partition coefficient (Wildman–Crippen LogP) is 0.926. The average molecular weight is 276 g/mol. The summed E-state index contributed by atoms with van der Waals surface area (Å²) in [5.41, 5.74) is 2.41. The third kappa shape index (κ3) is 2.14. The van der Waals surface area contributed by atoms with Gasteiger partial charge >= 0.3 is 5.97 Å². The number of fused-ring (bicyclic) bond motifs is 1. The molecule has 0 unspecified atom stereocenters. The topological polar surface area (TPSA) is 72.4 Å². The molecule has 5 nitrogen and oxygen atoms in total. The highest BCUT2D eigenvalue weighted by molar-refractivity contribution is 5.91. The second kappa shape index (κ2) is 4.52. The fourth-order valence-electron chi connectivity index (χ4n) is 2.81.